The number of aldehydes is 1. The van der Waals surface area contributed by atoms with Crippen molar-refractivity contribution >= 4 is 24.6 Å². The fourth-order valence-electron chi connectivity index (χ4n) is 2.84. The van der Waals surface area contributed by atoms with Gasteiger partial charge in [0, 0.05) is 46.4 Å². The molecule has 1 atom stereocenters. The smallest absolute Gasteiger partial charge is 0.320 e. The molecule has 1 saturated heterocycles. The van der Waals surface area contributed by atoms with Crippen molar-refractivity contribution in [1.29, 1.82) is 0 Å². The molecule has 0 saturated carbocycles. The van der Waals surface area contributed by atoms with E-state index in [4.69, 9.17) is 15.0 Å². The Balaban J connectivity index is -0.000000926. The van der Waals surface area contributed by atoms with Gasteiger partial charge in [-0.25, -0.2) is 0 Å². The largest absolute Gasteiger partial charge is 0.480 e. The molecular formula is C19H40N4O7. The van der Waals surface area contributed by atoms with Gasteiger partial charge < -0.3 is 25.8 Å². The summed E-state index contributed by atoms with van der Waals surface area (Å²) in [4.78, 5) is 47.5. The monoisotopic (exact) mass is 436 g/mol. The van der Waals surface area contributed by atoms with Crippen LogP contribution in [-0.4, -0.2) is 120 Å². The lowest BCUT2D eigenvalue weighted by molar-refractivity contribution is -0.144. The summed E-state index contributed by atoms with van der Waals surface area (Å²) >= 11 is 0. The second-order valence-electron chi connectivity index (χ2n) is 5.95. The topological polar surface area (TPSA) is 165 Å². The molecule has 0 aromatic rings. The van der Waals surface area contributed by atoms with Crippen molar-refractivity contribution in [2.45, 2.75) is 39.7 Å². The van der Waals surface area contributed by atoms with Gasteiger partial charge in [-0.05, 0) is 6.42 Å². The molecule has 1 unspecified atom stereocenters. The van der Waals surface area contributed by atoms with Gasteiger partial charge >= 0.3 is 11.9 Å². The minimum Gasteiger partial charge on any atom is -0.480 e. The van der Waals surface area contributed by atoms with Crippen LogP contribution in [0.1, 0.15) is 33.6 Å². The van der Waals surface area contributed by atoms with E-state index in [-0.39, 0.29) is 19.5 Å². The number of carbonyl (C=O) groups is 4. The van der Waals surface area contributed by atoms with Crippen LogP contribution in [0.25, 0.3) is 0 Å². The van der Waals surface area contributed by atoms with Crippen LogP contribution in [0, 0.1) is 0 Å². The Morgan fingerprint density at radius 2 is 1.40 bits per heavy atom. The van der Waals surface area contributed by atoms with Crippen LogP contribution in [-0.2, 0) is 19.2 Å². The summed E-state index contributed by atoms with van der Waals surface area (Å²) in [5.41, 5.74) is 4.17. The quantitative estimate of drug-likeness (QED) is 0.353. The molecule has 5 N–H and O–H groups in total. The second-order valence-corrected chi connectivity index (χ2v) is 5.95. The Morgan fingerprint density at radius 3 is 1.80 bits per heavy atom. The predicted octanol–water partition coefficient (Wildman–Crippen LogP) is -0.821. The van der Waals surface area contributed by atoms with E-state index in [1.54, 1.807) is 4.90 Å². The van der Waals surface area contributed by atoms with Crippen LogP contribution in [0.5, 0.6) is 0 Å². The number of carboxylic acid groups (broad SMARTS) is 2. The summed E-state index contributed by atoms with van der Waals surface area (Å²) < 4.78 is 0. The number of hydrogen-bond donors (Lipinski definition) is 4. The van der Waals surface area contributed by atoms with Crippen LogP contribution in [0.2, 0.25) is 0 Å². The van der Waals surface area contributed by atoms with Crippen molar-refractivity contribution in [3.8, 4) is 0 Å². The minimum absolute atomic E-state index is 0.0751. The van der Waals surface area contributed by atoms with Gasteiger partial charge in [0.15, 0.2) is 0 Å². The fraction of sp³-hybridized carbons (Fsp3) is 0.789. The summed E-state index contributed by atoms with van der Waals surface area (Å²) in [6.45, 7) is 9.49. The van der Waals surface area contributed by atoms with Gasteiger partial charge in [0.1, 0.15) is 12.3 Å². The maximum Gasteiger partial charge on any atom is 0.320 e. The predicted molar refractivity (Wildman–Crippen MR) is 114 cm³/mol. The molecule has 178 valence electrons. The highest BCUT2D eigenvalue weighted by atomic mass is 16.4. The number of rotatable bonds is 8. The number of primary amides is 1. The van der Waals surface area contributed by atoms with Crippen molar-refractivity contribution in [1.82, 2.24) is 14.7 Å². The molecule has 0 aromatic heterocycles. The SMILES string of the molecule is CC.CCCC(C(=O)O)N1CCN(CC=O)CCN(CC(=O)O)CC1.CO.NC=O. The van der Waals surface area contributed by atoms with Crippen molar-refractivity contribution in [3.05, 3.63) is 0 Å². The van der Waals surface area contributed by atoms with Gasteiger partial charge in [-0.2, -0.15) is 0 Å². The van der Waals surface area contributed by atoms with Crippen LogP contribution < -0.4 is 5.73 Å². The van der Waals surface area contributed by atoms with E-state index in [9.17, 15) is 19.5 Å². The summed E-state index contributed by atoms with van der Waals surface area (Å²) in [7, 11) is 1.00. The van der Waals surface area contributed by atoms with Crippen LogP contribution in [0.4, 0.5) is 0 Å². The maximum atomic E-state index is 11.5. The highest BCUT2D eigenvalue weighted by Crippen LogP contribution is 2.10. The molecule has 0 aromatic carbocycles. The van der Waals surface area contributed by atoms with E-state index in [1.165, 1.54) is 0 Å². The lowest BCUT2D eigenvalue weighted by Gasteiger charge is -2.30. The Hall–Kier alpha value is -2.08. The summed E-state index contributed by atoms with van der Waals surface area (Å²) in [6, 6.07) is -0.567. The normalized spacial score (nSPS) is 16.3. The number of aliphatic hydroxyl groups is 1. The highest BCUT2D eigenvalue weighted by Gasteiger charge is 2.27. The fourth-order valence-corrected chi connectivity index (χ4v) is 2.84. The van der Waals surface area contributed by atoms with Crippen molar-refractivity contribution in [2.75, 3.05) is 59.5 Å². The van der Waals surface area contributed by atoms with Gasteiger partial charge in [-0.3, -0.25) is 29.1 Å². The van der Waals surface area contributed by atoms with E-state index in [0.29, 0.717) is 45.7 Å². The number of hydrogen-bond acceptors (Lipinski definition) is 8. The molecule has 1 rings (SSSR count). The Morgan fingerprint density at radius 1 is 0.967 bits per heavy atom. The third kappa shape index (κ3) is 16.8. The van der Waals surface area contributed by atoms with E-state index in [2.05, 4.69) is 5.73 Å². The second kappa shape index (κ2) is 23.2. The molecule has 1 fully saturated rings. The summed E-state index contributed by atoms with van der Waals surface area (Å²) in [5.74, 6) is -1.75. The number of nitrogens with two attached hydrogens (primary N) is 1. The van der Waals surface area contributed by atoms with Crippen molar-refractivity contribution < 1.29 is 34.5 Å². The zero-order chi connectivity index (χ0) is 23.9. The maximum absolute atomic E-state index is 11.5. The third-order valence-corrected chi connectivity index (χ3v) is 4.12. The van der Waals surface area contributed by atoms with Crippen molar-refractivity contribution in [2.24, 2.45) is 5.73 Å². The average Bonchev–Trinajstić information content (AvgIpc) is 2.81. The first-order valence-corrected chi connectivity index (χ1v) is 10.1. The first-order chi connectivity index (χ1) is 14.4. The number of nitrogens with zero attached hydrogens (tertiary/aromatic N) is 3. The molecule has 30 heavy (non-hydrogen) atoms. The molecule has 11 nitrogen and oxygen atoms in total. The molecule has 11 heteroatoms. The first kappa shape index (κ1) is 32.6. The van der Waals surface area contributed by atoms with E-state index in [0.717, 1.165) is 19.8 Å². The van der Waals surface area contributed by atoms with E-state index in [1.807, 2.05) is 30.6 Å². The molecule has 0 radical (unpaired) electrons. The summed E-state index contributed by atoms with van der Waals surface area (Å²) in [6.07, 6.45) is 2.40. The molecule has 0 bridgehead atoms. The van der Waals surface area contributed by atoms with Gasteiger partial charge in [-0.1, -0.05) is 27.2 Å². The Bertz CT molecular complexity index is 453. The van der Waals surface area contributed by atoms with E-state index >= 15 is 0 Å². The Kier molecular flexibility index (Phi) is 25.2. The van der Waals surface area contributed by atoms with E-state index < -0.39 is 18.0 Å². The molecule has 0 spiro atoms. The first-order valence-electron chi connectivity index (χ1n) is 10.1. The summed E-state index contributed by atoms with van der Waals surface area (Å²) in [5, 5.41) is 25.4. The Labute approximate surface area is 179 Å². The number of carboxylic acids is 2. The molecule has 1 aliphatic rings. The van der Waals surface area contributed by atoms with Gasteiger partial charge in [0.25, 0.3) is 0 Å². The zero-order valence-electron chi connectivity index (χ0n) is 18.7. The van der Waals surface area contributed by atoms with Gasteiger partial charge in [0.2, 0.25) is 6.41 Å². The van der Waals surface area contributed by atoms with Crippen molar-refractivity contribution in [3.63, 3.8) is 0 Å². The third-order valence-electron chi connectivity index (χ3n) is 4.12. The van der Waals surface area contributed by atoms with Crippen LogP contribution in [0.15, 0.2) is 0 Å². The lowest BCUT2D eigenvalue weighted by Crippen LogP contribution is -2.47. The van der Waals surface area contributed by atoms with Crippen LogP contribution in [0.3, 0.4) is 0 Å². The number of aliphatic carboxylic acids is 2. The molecule has 1 heterocycles. The lowest BCUT2D eigenvalue weighted by atomic mass is 10.1. The van der Waals surface area contributed by atoms with Gasteiger partial charge in [0.05, 0.1) is 13.1 Å². The molecule has 0 aliphatic carbocycles. The highest BCUT2D eigenvalue weighted by molar-refractivity contribution is 5.73. The minimum atomic E-state index is -0.902. The molecular weight excluding hydrogens is 396 g/mol. The number of aliphatic hydroxyl groups excluding tert-OH is 1. The number of carbonyl (C=O) groups excluding carboxylic acids is 2. The number of amides is 1. The zero-order valence-corrected chi connectivity index (χ0v) is 18.7. The van der Waals surface area contributed by atoms with Crippen LogP contribution >= 0.6 is 0 Å². The standard InChI is InChI=1S/C15H27N3O5.C2H6.CH3NO.CH4O/c1-2-3-13(15(22)23)18-8-6-16(10-11-19)4-5-17(7-9-18)12-14(20)21;1-2;2-1-3;1-2/h11,13H,2-10,12H2,1H3,(H,20,21)(H,22,23);1-2H3;1H,(H2,2,3);2H,1H3. The molecule has 1 aliphatic heterocycles. The average molecular weight is 437 g/mol. The molecule has 1 amide bonds. The van der Waals surface area contributed by atoms with Gasteiger partial charge in [-0.15, -0.1) is 0 Å².